The van der Waals surface area contributed by atoms with E-state index in [2.05, 4.69) is 15.9 Å². The summed E-state index contributed by atoms with van der Waals surface area (Å²) in [5.74, 6) is 0.305. The molecule has 0 heterocycles. The van der Waals surface area contributed by atoms with E-state index in [0.29, 0.717) is 28.0 Å². The van der Waals surface area contributed by atoms with Gasteiger partial charge >= 0.3 is 0 Å². The Morgan fingerprint density at radius 3 is 2.68 bits per heavy atom. The molecule has 0 saturated carbocycles. The fraction of sp³-hybridized carbons (Fsp3) is 0.200. The summed E-state index contributed by atoms with van der Waals surface area (Å²) < 4.78 is 19.3. The van der Waals surface area contributed by atoms with Gasteiger partial charge in [-0.1, -0.05) is 28.1 Å². The first kappa shape index (κ1) is 14.0. The topological polar surface area (TPSA) is 29.5 Å². The van der Waals surface area contributed by atoms with E-state index in [0.717, 1.165) is 0 Å². The zero-order valence-corrected chi connectivity index (χ0v) is 12.0. The molecule has 1 unspecified atom stereocenters. The van der Waals surface area contributed by atoms with Crippen molar-refractivity contribution in [1.82, 2.24) is 0 Å². The second-order valence-electron chi connectivity index (χ2n) is 4.11. The lowest BCUT2D eigenvalue weighted by molar-refractivity contribution is 0.219. The largest absolute Gasteiger partial charge is 0.494 e. The van der Waals surface area contributed by atoms with Crippen LogP contribution in [-0.2, 0) is 0 Å². The SMILES string of the molecule is CCOc1cccc(C(O)c2cc(F)cc(Br)c2)c1. The molecule has 4 heteroatoms. The highest BCUT2D eigenvalue weighted by atomic mass is 79.9. The first-order valence-corrected chi connectivity index (χ1v) is 6.76. The van der Waals surface area contributed by atoms with E-state index in [9.17, 15) is 9.50 Å². The molecular formula is C15H14BrFO2. The van der Waals surface area contributed by atoms with Crippen LogP contribution in [0.5, 0.6) is 5.75 Å². The van der Waals surface area contributed by atoms with E-state index in [4.69, 9.17) is 4.74 Å². The molecular weight excluding hydrogens is 311 g/mol. The Morgan fingerprint density at radius 2 is 2.00 bits per heavy atom. The Morgan fingerprint density at radius 1 is 1.21 bits per heavy atom. The first-order valence-electron chi connectivity index (χ1n) is 5.97. The van der Waals surface area contributed by atoms with Gasteiger partial charge in [0.05, 0.1) is 6.61 Å². The van der Waals surface area contributed by atoms with Crippen molar-refractivity contribution in [2.45, 2.75) is 13.0 Å². The Labute approximate surface area is 120 Å². The molecule has 19 heavy (non-hydrogen) atoms. The smallest absolute Gasteiger partial charge is 0.124 e. The maximum absolute atomic E-state index is 13.3. The second kappa shape index (κ2) is 6.17. The minimum Gasteiger partial charge on any atom is -0.494 e. The van der Waals surface area contributed by atoms with Gasteiger partial charge < -0.3 is 9.84 Å². The van der Waals surface area contributed by atoms with Gasteiger partial charge in [0.2, 0.25) is 0 Å². The fourth-order valence-corrected chi connectivity index (χ4v) is 2.35. The quantitative estimate of drug-likeness (QED) is 0.918. The van der Waals surface area contributed by atoms with Gasteiger partial charge in [0.15, 0.2) is 0 Å². The number of aliphatic hydroxyl groups excluding tert-OH is 1. The predicted molar refractivity (Wildman–Crippen MR) is 75.8 cm³/mol. The van der Waals surface area contributed by atoms with Gasteiger partial charge in [0.25, 0.3) is 0 Å². The van der Waals surface area contributed by atoms with Gasteiger partial charge in [-0.25, -0.2) is 4.39 Å². The Kier molecular flexibility index (Phi) is 4.56. The van der Waals surface area contributed by atoms with Gasteiger partial charge in [0, 0.05) is 4.47 Å². The van der Waals surface area contributed by atoms with E-state index >= 15 is 0 Å². The Bertz CT molecular complexity index is 552. The normalized spacial score (nSPS) is 12.2. The van der Waals surface area contributed by atoms with Crippen LogP contribution in [0.15, 0.2) is 46.9 Å². The highest BCUT2D eigenvalue weighted by molar-refractivity contribution is 9.10. The summed E-state index contributed by atoms with van der Waals surface area (Å²) in [7, 11) is 0. The maximum atomic E-state index is 13.3. The van der Waals surface area contributed by atoms with Crippen LogP contribution in [0.25, 0.3) is 0 Å². The molecule has 0 aromatic heterocycles. The van der Waals surface area contributed by atoms with Crippen molar-refractivity contribution in [3.63, 3.8) is 0 Å². The number of hydrogen-bond acceptors (Lipinski definition) is 2. The van der Waals surface area contributed by atoms with Crippen molar-refractivity contribution in [2.24, 2.45) is 0 Å². The van der Waals surface area contributed by atoms with Gasteiger partial charge in [-0.15, -0.1) is 0 Å². The molecule has 0 bridgehead atoms. The van der Waals surface area contributed by atoms with Gasteiger partial charge in [-0.2, -0.15) is 0 Å². The molecule has 0 radical (unpaired) electrons. The molecule has 0 amide bonds. The molecule has 0 spiro atoms. The Balaban J connectivity index is 2.32. The fourth-order valence-electron chi connectivity index (χ4n) is 1.87. The summed E-state index contributed by atoms with van der Waals surface area (Å²) in [5, 5.41) is 10.3. The molecule has 1 N–H and O–H groups in total. The number of hydrogen-bond donors (Lipinski definition) is 1. The molecule has 0 aliphatic carbocycles. The minimum absolute atomic E-state index is 0.385. The molecule has 100 valence electrons. The number of rotatable bonds is 4. The van der Waals surface area contributed by atoms with Gasteiger partial charge in [-0.05, 0) is 48.4 Å². The number of halogens is 2. The van der Waals surface area contributed by atoms with Crippen molar-refractivity contribution in [3.05, 3.63) is 63.9 Å². The van der Waals surface area contributed by atoms with Crippen LogP contribution >= 0.6 is 15.9 Å². The predicted octanol–water partition coefficient (Wildman–Crippen LogP) is 4.07. The average molecular weight is 325 g/mol. The lowest BCUT2D eigenvalue weighted by Gasteiger charge is -2.13. The van der Waals surface area contributed by atoms with E-state index in [1.54, 1.807) is 24.3 Å². The van der Waals surface area contributed by atoms with Crippen LogP contribution < -0.4 is 4.74 Å². The molecule has 0 aliphatic rings. The molecule has 2 aromatic carbocycles. The molecule has 0 aliphatic heterocycles. The summed E-state index contributed by atoms with van der Waals surface area (Å²) >= 11 is 3.22. The van der Waals surface area contributed by atoms with Crippen molar-refractivity contribution in [3.8, 4) is 5.75 Å². The number of aliphatic hydroxyl groups is 1. The van der Waals surface area contributed by atoms with E-state index in [1.807, 2.05) is 13.0 Å². The second-order valence-corrected chi connectivity index (χ2v) is 5.03. The molecule has 0 saturated heterocycles. The summed E-state index contributed by atoms with van der Waals surface area (Å²) in [6.45, 7) is 2.46. The third kappa shape index (κ3) is 3.55. The van der Waals surface area contributed by atoms with Gasteiger partial charge in [0.1, 0.15) is 17.7 Å². The van der Waals surface area contributed by atoms with Gasteiger partial charge in [-0.3, -0.25) is 0 Å². The average Bonchev–Trinajstić information content (AvgIpc) is 2.37. The highest BCUT2D eigenvalue weighted by Crippen LogP contribution is 2.27. The van der Waals surface area contributed by atoms with E-state index in [1.165, 1.54) is 12.1 Å². The van der Waals surface area contributed by atoms with Crippen LogP contribution in [-0.4, -0.2) is 11.7 Å². The molecule has 2 rings (SSSR count). The third-order valence-corrected chi connectivity index (χ3v) is 3.14. The van der Waals surface area contributed by atoms with Crippen molar-refractivity contribution >= 4 is 15.9 Å². The van der Waals surface area contributed by atoms with E-state index in [-0.39, 0.29) is 5.82 Å². The first-order chi connectivity index (χ1) is 9.10. The third-order valence-electron chi connectivity index (χ3n) is 2.69. The molecule has 1 atom stereocenters. The zero-order chi connectivity index (χ0) is 13.8. The standard InChI is InChI=1S/C15H14BrFO2/c1-2-19-14-5-3-4-10(8-14)15(18)11-6-12(16)9-13(17)7-11/h3-9,15,18H,2H2,1H3. The minimum atomic E-state index is -0.882. The summed E-state index contributed by atoms with van der Waals surface area (Å²) in [4.78, 5) is 0. The van der Waals surface area contributed by atoms with Crippen LogP contribution in [0.1, 0.15) is 24.2 Å². The molecule has 0 fully saturated rings. The molecule has 2 aromatic rings. The van der Waals surface area contributed by atoms with Crippen LogP contribution in [0.4, 0.5) is 4.39 Å². The van der Waals surface area contributed by atoms with E-state index < -0.39 is 6.10 Å². The number of benzene rings is 2. The van der Waals surface area contributed by atoms with Crippen molar-refractivity contribution in [1.29, 1.82) is 0 Å². The highest BCUT2D eigenvalue weighted by Gasteiger charge is 2.13. The maximum Gasteiger partial charge on any atom is 0.124 e. The van der Waals surface area contributed by atoms with Crippen LogP contribution in [0.3, 0.4) is 0 Å². The van der Waals surface area contributed by atoms with Crippen LogP contribution in [0.2, 0.25) is 0 Å². The lowest BCUT2D eigenvalue weighted by atomic mass is 10.0. The van der Waals surface area contributed by atoms with Crippen molar-refractivity contribution < 1.29 is 14.2 Å². The summed E-state index contributed by atoms with van der Waals surface area (Å²) in [5.41, 5.74) is 1.17. The summed E-state index contributed by atoms with van der Waals surface area (Å²) in [6.07, 6.45) is -0.882. The van der Waals surface area contributed by atoms with Crippen LogP contribution in [0, 0.1) is 5.82 Å². The van der Waals surface area contributed by atoms with Crippen molar-refractivity contribution in [2.75, 3.05) is 6.61 Å². The number of ether oxygens (including phenoxy) is 1. The monoisotopic (exact) mass is 324 g/mol. The Hall–Kier alpha value is -1.39. The lowest BCUT2D eigenvalue weighted by Crippen LogP contribution is -2.01. The zero-order valence-electron chi connectivity index (χ0n) is 10.4. The summed E-state index contributed by atoms with van der Waals surface area (Å²) in [6, 6.07) is 11.5. The molecule has 2 nitrogen and oxygen atoms in total.